The van der Waals surface area contributed by atoms with E-state index in [9.17, 15) is 22.4 Å². The summed E-state index contributed by atoms with van der Waals surface area (Å²) in [6, 6.07) is -0.0480. The summed E-state index contributed by atoms with van der Waals surface area (Å²) in [6.07, 6.45) is 10.5. The van der Waals surface area contributed by atoms with Crippen LogP contribution in [-0.2, 0) is 14.8 Å². The molecule has 0 aliphatic carbocycles. The van der Waals surface area contributed by atoms with E-state index in [1.165, 1.54) is 29.8 Å². The van der Waals surface area contributed by atoms with E-state index in [0.717, 1.165) is 0 Å². The molecule has 176 valence electrons. The van der Waals surface area contributed by atoms with Crippen molar-refractivity contribution in [2.24, 2.45) is 0 Å². The zero-order valence-electron chi connectivity index (χ0n) is 18.6. The predicted molar refractivity (Wildman–Crippen MR) is 121 cm³/mol. The number of nitrogen functional groups attached to an aromatic ring is 1. The Hall–Kier alpha value is -2.53. The summed E-state index contributed by atoms with van der Waals surface area (Å²) in [5, 5.41) is 9.04. The van der Waals surface area contributed by atoms with Crippen molar-refractivity contribution in [2.75, 3.05) is 31.8 Å². The molecule has 2 heterocycles. The molecular weight excluding hydrogens is 425 g/mol. The van der Waals surface area contributed by atoms with Crippen LogP contribution in [-0.4, -0.2) is 66.7 Å². The highest BCUT2D eigenvalue weighted by Gasteiger charge is 2.26. The van der Waals surface area contributed by atoms with E-state index in [4.69, 9.17) is 5.73 Å². The van der Waals surface area contributed by atoms with Crippen LogP contribution in [0.5, 0.6) is 0 Å². The molecule has 9 nitrogen and oxygen atoms in total. The van der Waals surface area contributed by atoms with Crippen molar-refractivity contribution in [3.63, 3.8) is 0 Å². The van der Waals surface area contributed by atoms with Gasteiger partial charge in [-0.2, -0.15) is 5.10 Å². The first kappa shape index (κ1) is 28.5. The lowest BCUT2D eigenvalue weighted by molar-refractivity contribution is -0.116. The van der Waals surface area contributed by atoms with E-state index in [2.05, 4.69) is 15.5 Å². The Bertz CT molecular complexity index is 828. The number of nitrogens with two attached hydrogens (primary N) is 1. The van der Waals surface area contributed by atoms with E-state index in [1.807, 2.05) is 13.8 Å². The zero-order chi connectivity index (χ0) is 23.9. The average Bonchev–Trinajstić information content (AvgIpc) is 3.15. The van der Waals surface area contributed by atoms with Gasteiger partial charge in [0.1, 0.15) is 18.2 Å². The van der Waals surface area contributed by atoms with Crippen molar-refractivity contribution in [2.45, 2.75) is 46.1 Å². The van der Waals surface area contributed by atoms with Crippen LogP contribution in [0.1, 0.15) is 50.5 Å². The highest BCUT2D eigenvalue weighted by atomic mass is 32.2. The van der Waals surface area contributed by atoms with Crippen molar-refractivity contribution in [1.29, 1.82) is 0 Å². The molecule has 2 rings (SSSR count). The van der Waals surface area contributed by atoms with Gasteiger partial charge in [-0.05, 0) is 19.8 Å². The van der Waals surface area contributed by atoms with Crippen LogP contribution in [0.15, 0.2) is 30.5 Å². The van der Waals surface area contributed by atoms with Crippen LogP contribution in [0, 0.1) is 0 Å². The van der Waals surface area contributed by atoms with Gasteiger partial charge >= 0.3 is 0 Å². The van der Waals surface area contributed by atoms with Crippen molar-refractivity contribution in [3.05, 3.63) is 36.2 Å². The summed E-state index contributed by atoms with van der Waals surface area (Å²) < 4.78 is 35.5. The number of H-pyrrole nitrogens is 1. The lowest BCUT2D eigenvalue weighted by Crippen LogP contribution is -2.46. The highest BCUT2D eigenvalue weighted by Crippen LogP contribution is 2.14. The fraction of sp³-hybridized carbons (Fsp3) is 0.550. The highest BCUT2D eigenvalue weighted by molar-refractivity contribution is 7.88. The molecule has 0 saturated carbocycles. The largest absolute Gasteiger partial charge is 0.396 e. The smallest absolute Gasteiger partial charge is 0.271 e. The number of ketones is 1. The number of nitrogens with one attached hydrogen (secondary N) is 2. The summed E-state index contributed by atoms with van der Waals surface area (Å²) in [6.45, 7) is 5.90. The number of anilines is 1. The monoisotopic (exact) mass is 459 g/mol. The first-order chi connectivity index (χ1) is 14.6. The molecule has 0 atom stereocenters. The summed E-state index contributed by atoms with van der Waals surface area (Å²) in [5.74, 6) is -0.197. The van der Waals surface area contributed by atoms with Gasteiger partial charge in [0.05, 0.1) is 18.1 Å². The second-order valence-electron chi connectivity index (χ2n) is 6.53. The Morgan fingerprint density at radius 1 is 1.29 bits per heavy atom. The molecule has 0 aromatic carbocycles. The van der Waals surface area contributed by atoms with E-state index in [-0.39, 0.29) is 23.4 Å². The molecule has 1 aliphatic heterocycles. The molecule has 4 N–H and O–H groups in total. The number of hydrogen-bond donors (Lipinski definition) is 3. The first-order valence-corrected chi connectivity index (χ1v) is 11.9. The molecule has 31 heavy (non-hydrogen) atoms. The van der Waals surface area contributed by atoms with Gasteiger partial charge in [0.25, 0.3) is 5.91 Å². The fourth-order valence-corrected chi connectivity index (χ4v) is 3.38. The fourth-order valence-electron chi connectivity index (χ4n) is 2.51. The molecule has 0 bridgehead atoms. The predicted octanol–water partition coefficient (Wildman–Crippen LogP) is 2.22. The Morgan fingerprint density at radius 3 is 2.32 bits per heavy atom. The molecule has 11 heteroatoms. The molecular formula is C20H34FN5O4S. The normalized spacial score (nSPS) is 15.1. The number of allylic oxidation sites excluding steroid dienone is 4. The lowest BCUT2D eigenvalue weighted by Gasteiger charge is -2.30. The van der Waals surface area contributed by atoms with Crippen LogP contribution >= 0.6 is 0 Å². The number of piperidine rings is 1. The third-order valence-electron chi connectivity index (χ3n) is 4.03. The van der Waals surface area contributed by atoms with Crippen molar-refractivity contribution in [3.8, 4) is 0 Å². The Morgan fingerprint density at radius 2 is 1.87 bits per heavy atom. The molecule has 0 spiro atoms. The number of hydrogen-bond acceptors (Lipinski definition) is 6. The van der Waals surface area contributed by atoms with Crippen molar-refractivity contribution < 1.29 is 22.4 Å². The standard InChI is InChI=1S/C10H17N5O3S.C8H11FO.C2H6/c1-19(17,18)15-4-2-7(3-5-15)13-10(16)9-8(11)6-12-14-9;1-8(10)6-4-2-3-5-7-9;1-2/h6-7H,2-5,11H2,1H3,(H,12,14)(H,13,16);2-5H,6-7H2,1H3;1-2H3/b;4-2-,5-3-;. The number of alkyl halides is 1. The number of nitrogens with zero attached hydrogens (tertiary/aromatic N) is 2. The number of aromatic amines is 1. The van der Waals surface area contributed by atoms with Gasteiger partial charge in [0, 0.05) is 25.6 Å². The minimum absolute atomic E-state index is 0.0480. The van der Waals surface area contributed by atoms with E-state index >= 15 is 0 Å². The Kier molecular flexibility index (Phi) is 14.0. The summed E-state index contributed by atoms with van der Waals surface area (Å²) in [7, 11) is -3.14. The molecule has 0 radical (unpaired) electrons. The van der Waals surface area contributed by atoms with Gasteiger partial charge in [-0.15, -0.1) is 0 Å². The van der Waals surface area contributed by atoms with E-state index < -0.39 is 16.7 Å². The van der Waals surface area contributed by atoms with E-state index in [0.29, 0.717) is 38.0 Å². The van der Waals surface area contributed by atoms with Crippen LogP contribution in [0.3, 0.4) is 0 Å². The number of carbonyl (C=O) groups is 2. The Labute approximate surface area is 184 Å². The number of rotatable bonds is 7. The summed E-state index contributed by atoms with van der Waals surface area (Å²) in [4.78, 5) is 22.2. The molecule has 0 unspecified atom stereocenters. The Balaban J connectivity index is 0.000000639. The molecule has 1 amide bonds. The van der Waals surface area contributed by atoms with Crippen molar-refractivity contribution in [1.82, 2.24) is 19.8 Å². The number of aromatic nitrogens is 2. The molecule has 1 aromatic rings. The maximum atomic E-state index is 11.9. The quantitative estimate of drug-likeness (QED) is 0.535. The van der Waals surface area contributed by atoms with Crippen LogP contribution < -0.4 is 11.1 Å². The van der Waals surface area contributed by atoms with Gasteiger partial charge in [-0.3, -0.25) is 14.7 Å². The van der Waals surface area contributed by atoms with Crippen LogP contribution in [0.25, 0.3) is 0 Å². The van der Waals surface area contributed by atoms with Gasteiger partial charge < -0.3 is 11.1 Å². The zero-order valence-corrected chi connectivity index (χ0v) is 19.4. The minimum atomic E-state index is -3.14. The number of Topliss-reactive ketones (excluding diaryl/α,β-unsaturated/α-hetero) is 1. The average molecular weight is 460 g/mol. The van der Waals surface area contributed by atoms with Gasteiger partial charge in [0.15, 0.2) is 0 Å². The van der Waals surface area contributed by atoms with Gasteiger partial charge in [0.2, 0.25) is 10.0 Å². The number of sulfonamides is 1. The van der Waals surface area contributed by atoms with Crippen LogP contribution in [0.4, 0.5) is 10.1 Å². The molecule has 1 aromatic heterocycles. The maximum Gasteiger partial charge on any atom is 0.271 e. The van der Waals surface area contributed by atoms with Crippen molar-refractivity contribution >= 4 is 27.4 Å². The first-order valence-electron chi connectivity index (χ1n) is 10.1. The number of halogens is 1. The topological polar surface area (TPSA) is 138 Å². The number of amides is 1. The van der Waals surface area contributed by atoms with Crippen LogP contribution in [0.2, 0.25) is 0 Å². The second-order valence-corrected chi connectivity index (χ2v) is 8.51. The molecule has 1 fully saturated rings. The van der Waals surface area contributed by atoms with Gasteiger partial charge in [-0.25, -0.2) is 17.1 Å². The van der Waals surface area contributed by atoms with Gasteiger partial charge in [-0.1, -0.05) is 38.2 Å². The third kappa shape index (κ3) is 12.0. The second kappa shape index (κ2) is 15.3. The maximum absolute atomic E-state index is 11.9. The molecule has 1 saturated heterocycles. The minimum Gasteiger partial charge on any atom is -0.396 e. The van der Waals surface area contributed by atoms with E-state index in [1.54, 1.807) is 18.2 Å². The summed E-state index contributed by atoms with van der Waals surface area (Å²) in [5.41, 5.74) is 6.12. The number of carbonyl (C=O) groups excluding carboxylic acids is 2. The lowest BCUT2D eigenvalue weighted by atomic mass is 10.1. The third-order valence-corrected chi connectivity index (χ3v) is 5.33. The molecule has 1 aliphatic rings. The SMILES string of the molecule is CC.CC(=O)C/C=C\C=C/CF.CS(=O)(=O)N1CCC(NC(=O)c2[nH]ncc2N)CC1. The summed E-state index contributed by atoms with van der Waals surface area (Å²) >= 11 is 0.